The van der Waals surface area contributed by atoms with Crippen molar-refractivity contribution in [3.8, 4) is 0 Å². The Morgan fingerprint density at radius 2 is 1.57 bits per heavy atom. The largest absolute Gasteiger partial charge is 0.349 e. The van der Waals surface area contributed by atoms with Gasteiger partial charge in [0.05, 0.1) is 23.1 Å². The number of anilines is 1. The third-order valence-electron chi connectivity index (χ3n) is 5.86. The number of benzene rings is 3. The maximum absolute atomic E-state index is 4.90. The summed E-state index contributed by atoms with van der Waals surface area (Å²) in [5, 5.41) is 3.68. The highest BCUT2D eigenvalue weighted by Gasteiger charge is 2.30. The number of aromatic nitrogens is 2. The van der Waals surface area contributed by atoms with Crippen LogP contribution in [0, 0.1) is 0 Å². The van der Waals surface area contributed by atoms with Crippen molar-refractivity contribution in [1.29, 1.82) is 0 Å². The van der Waals surface area contributed by atoms with E-state index in [-0.39, 0.29) is 12.1 Å². The summed E-state index contributed by atoms with van der Waals surface area (Å²) >= 11 is 0. The Kier molecular flexibility index (Phi) is 4.16. The molecule has 0 fully saturated rings. The van der Waals surface area contributed by atoms with Crippen LogP contribution in [0.5, 0.6) is 0 Å². The Labute approximate surface area is 166 Å². The number of fused-ring (bicyclic) bond motifs is 3. The van der Waals surface area contributed by atoms with E-state index in [2.05, 4.69) is 103 Å². The summed E-state index contributed by atoms with van der Waals surface area (Å²) in [6.45, 7) is 4.49. The Morgan fingerprint density at radius 1 is 0.857 bits per heavy atom. The molecule has 2 atom stereocenters. The molecule has 0 aliphatic carbocycles. The second-order valence-corrected chi connectivity index (χ2v) is 7.97. The van der Waals surface area contributed by atoms with Gasteiger partial charge in [-0.05, 0) is 41.2 Å². The molecule has 28 heavy (non-hydrogen) atoms. The number of rotatable bonds is 3. The summed E-state index contributed by atoms with van der Waals surface area (Å²) in [6.07, 6.45) is 0.998. The molecule has 3 nitrogen and oxygen atoms in total. The molecule has 3 aromatic carbocycles. The Morgan fingerprint density at radius 3 is 2.32 bits per heavy atom. The lowest BCUT2D eigenvalue weighted by Gasteiger charge is -2.33. The Bertz CT molecular complexity index is 1090. The molecule has 140 valence electrons. The number of hydrogen-bond acceptors (Lipinski definition) is 2. The van der Waals surface area contributed by atoms with E-state index in [0.717, 1.165) is 17.9 Å². The molecule has 0 amide bonds. The van der Waals surface area contributed by atoms with Crippen LogP contribution in [0.3, 0.4) is 0 Å². The van der Waals surface area contributed by atoms with Crippen molar-refractivity contribution in [3.05, 3.63) is 95.6 Å². The van der Waals surface area contributed by atoms with Crippen LogP contribution in [-0.2, 0) is 0 Å². The standard InChI is InChI=1S/C25H25N3/c1-17(2)18-12-14-20(15-13-18)24-16-22(19-8-4-3-5-9-19)27-25-26-21-10-6-7-11-23(21)28(24)25/h3-15,17,22,24H,16H2,1-2H3,(H,26,27)/t22-,24+/m0/s1. The fraction of sp³-hybridized carbons (Fsp3) is 0.240. The van der Waals surface area contributed by atoms with Gasteiger partial charge in [-0.2, -0.15) is 0 Å². The molecule has 0 saturated heterocycles. The Hall–Kier alpha value is -3.07. The van der Waals surface area contributed by atoms with Gasteiger partial charge in [-0.1, -0.05) is 80.6 Å². The summed E-state index contributed by atoms with van der Waals surface area (Å²) in [4.78, 5) is 4.90. The molecule has 1 aliphatic heterocycles. The van der Waals surface area contributed by atoms with Crippen molar-refractivity contribution in [1.82, 2.24) is 9.55 Å². The van der Waals surface area contributed by atoms with Gasteiger partial charge in [-0.15, -0.1) is 0 Å². The van der Waals surface area contributed by atoms with E-state index in [1.54, 1.807) is 0 Å². The lowest BCUT2D eigenvalue weighted by atomic mass is 9.91. The van der Waals surface area contributed by atoms with Crippen molar-refractivity contribution in [2.24, 2.45) is 0 Å². The lowest BCUT2D eigenvalue weighted by molar-refractivity contribution is 0.477. The summed E-state index contributed by atoms with van der Waals surface area (Å²) in [5.41, 5.74) is 6.27. The third kappa shape index (κ3) is 2.88. The zero-order valence-corrected chi connectivity index (χ0v) is 16.3. The fourth-order valence-corrected chi connectivity index (χ4v) is 4.30. The maximum atomic E-state index is 4.90. The molecule has 0 unspecified atom stereocenters. The van der Waals surface area contributed by atoms with Crippen molar-refractivity contribution in [2.45, 2.75) is 38.3 Å². The zero-order chi connectivity index (χ0) is 19.1. The first kappa shape index (κ1) is 17.1. The van der Waals surface area contributed by atoms with Crippen LogP contribution in [0.2, 0.25) is 0 Å². The highest BCUT2D eigenvalue weighted by Crippen LogP contribution is 2.41. The molecule has 0 saturated carbocycles. The van der Waals surface area contributed by atoms with E-state index in [9.17, 15) is 0 Å². The van der Waals surface area contributed by atoms with E-state index in [4.69, 9.17) is 4.98 Å². The second kappa shape index (κ2) is 6.83. The van der Waals surface area contributed by atoms with E-state index >= 15 is 0 Å². The van der Waals surface area contributed by atoms with Gasteiger partial charge in [0, 0.05) is 0 Å². The van der Waals surface area contributed by atoms with Crippen molar-refractivity contribution >= 4 is 17.0 Å². The normalized spacial score (nSPS) is 18.8. The van der Waals surface area contributed by atoms with Gasteiger partial charge in [0.1, 0.15) is 0 Å². The minimum atomic E-state index is 0.250. The van der Waals surface area contributed by atoms with E-state index in [1.807, 2.05) is 0 Å². The number of nitrogens with one attached hydrogen (secondary N) is 1. The van der Waals surface area contributed by atoms with E-state index < -0.39 is 0 Å². The number of nitrogens with zero attached hydrogens (tertiary/aromatic N) is 2. The molecule has 0 bridgehead atoms. The molecule has 4 aromatic rings. The fourth-order valence-electron chi connectivity index (χ4n) is 4.30. The minimum absolute atomic E-state index is 0.250. The van der Waals surface area contributed by atoms with E-state index in [1.165, 1.54) is 22.2 Å². The first-order chi connectivity index (χ1) is 13.7. The molecule has 3 heteroatoms. The first-order valence-electron chi connectivity index (χ1n) is 10.1. The summed E-state index contributed by atoms with van der Waals surface area (Å²) in [7, 11) is 0. The van der Waals surface area contributed by atoms with Crippen LogP contribution in [0.15, 0.2) is 78.9 Å². The minimum Gasteiger partial charge on any atom is -0.349 e. The second-order valence-electron chi connectivity index (χ2n) is 7.97. The molecule has 5 rings (SSSR count). The Balaban J connectivity index is 1.63. The van der Waals surface area contributed by atoms with Crippen LogP contribution in [-0.4, -0.2) is 9.55 Å². The molecule has 1 N–H and O–H groups in total. The highest BCUT2D eigenvalue weighted by molar-refractivity contribution is 5.79. The number of imidazole rings is 1. The molecule has 0 spiro atoms. The molecule has 1 aliphatic rings. The number of hydrogen-bond donors (Lipinski definition) is 1. The van der Waals surface area contributed by atoms with Crippen molar-refractivity contribution in [2.75, 3.05) is 5.32 Å². The summed E-state index contributed by atoms with van der Waals surface area (Å²) in [6, 6.07) is 28.8. The molecule has 2 heterocycles. The van der Waals surface area contributed by atoms with Crippen LogP contribution >= 0.6 is 0 Å². The van der Waals surface area contributed by atoms with Gasteiger partial charge in [0.15, 0.2) is 0 Å². The average molecular weight is 367 g/mol. The van der Waals surface area contributed by atoms with Gasteiger partial charge >= 0.3 is 0 Å². The molecule has 0 radical (unpaired) electrons. The van der Waals surface area contributed by atoms with Crippen LogP contribution in [0.4, 0.5) is 5.95 Å². The number of para-hydroxylation sites is 2. The molecular weight excluding hydrogens is 342 g/mol. The van der Waals surface area contributed by atoms with Gasteiger partial charge in [-0.25, -0.2) is 4.98 Å². The summed E-state index contributed by atoms with van der Waals surface area (Å²) in [5.74, 6) is 1.50. The predicted molar refractivity (Wildman–Crippen MR) is 116 cm³/mol. The zero-order valence-electron chi connectivity index (χ0n) is 16.3. The van der Waals surface area contributed by atoms with Crippen molar-refractivity contribution < 1.29 is 0 Å². The van der Waals surface area contributed by atoms with Gasteiger partial charge < -0.3 is 9.88 Å². The highest BCUT2D eigenvalue weighted by atomic mass is 15.3. The van der Waals surface area contributed by atoms with Crippen molar-refractivity contribution in [3.63, 3.8) is 0 Å². The maximum Gasteiger partial charge on any atom is 0.204 e. The summed E-state index contributed by atoms with van der Waals surface area (Å²) < 4.78 is 2.37. The van der Waals surface area contributed by atoms with Gasteiger partial charge in [0.2, 0.25) is 5.95 Å². The lowest BCUT2D eigenvalue weighted by Crippen LogP contribution is -2.27. The van der Waals surface area contributed by atoms with Crippen LogP contribution < -0.4 is 5.32 Å². The first-order valence-corrected chi connectivity index (χ1v) is 10.1. The average Bonchev–Trinajstić information content (AvgIpc) is 3.12. The SMILES string of the molecule is CC(C)c1ccc([C@H]2C[C@@H](c3ccccc3)Nc3nc4ccccc4n32)cc1. The monoisotopic (exact) mass is 367 g/mol. The molecular formula is C25H25N3. The quantitative estimate of drug-likeness (QED) is 0.460. The van der Waals surface area contributed by atoms with Gasteiger partial charge in [-0.3, -0.25) is 0 Å². The smallest absolute Gasteiger partial charge is 0.204 e. The third-order valence-corrected chi connectivity index (χ3v) is 5.86. The topological polar surface area (TPSA) is 29.9 Å². The van der Waals surface area contributed by atoms with Crippen LogP contribution in [0.25, 0.3) is 11.0 Å². The van der Waals surface area contributed by atoms with Gasteiger partial charge in [0.25, 0.3) is 0 Å². The van der Waals surface area contributed by atoms with Crippen LogP contribution in [0.1, 0.15) is 55.0 Å². The van der Waals surface area contributed by atoms with E-state index in [0.29, 0.717) is 5.92 Å². The predicted octanol–water partition coefficient (Wildman–Crippen LogP) is 6.31. The molecule has 1 aromatic heterocycles.